The zero-order chi connectivity index (χ0) is 16.2. The van der Waals surface area contributed by atoms with Gasteiger partial charge in [0.1, 0.15) is 10.7 Å². The molecular formula is C16H18FNO3S. The van der Waals surface area contributed by atoms with Gasteiger partial charge in [0.25, 0.3) is 0 Å². The van der Waals surface area contributed by atoms with E-state index in [-0.39, 0.29) is 11.4 Å². The molecule has 0 unspecified atom stereocenters. The summed E-state index contributed by atoms with van der Waals surface area (Å²) in [7, 11) is -2.34. The standard InChI is InChI=1S/C16H18FNO3S/c1-12-7-8-15(17)16(9-12)22(19,20)18-10-13-5-3-4-6-14(13)11-21-2/h3-9,18H,10-11H2,1-2H3. The monoisotopic (exact) mass is 323 g/mol. The smallest absolute Gasteiger partial charge is 0.243 e. The highest BCUT2D eigenvalue weighted by Crippen LogP contribution is 2.17. The molecule has 118 valence electrons. The minimum atomic E-state index is -3.91. The maximum atomic E-state index is 13.8. The molecule has 6 heteroatoms. The van der Waals surface area contributed by atoms with Gasteiger partial charge in [0.05, 0.1) is 6.61 Å². The van der Waals surface area contributed by atoms with E-state index in [1.807, 2.05) is 24.3 Å². The Balaban J connectivity index is 2.22. The number of sulfonamides is 1. The maximum absolute atomic E-state index is 13.8. The van der Waals surface area contributed by atoms with Crippen molar-refractivity contribution in [2.24, 2.45) is 0 Å². The minimum absolute atomic E-state index is 0.0786. The fourth-order valence-corrected chi connectivity index (χ4v) is 3.26. The van der Waals surface area contributed by atoms with E-state index in [1.165, 1.54) is 12.1 Å². The molecule has 0 aromatic heterocycles. The molecule has 0 bridgehead atoms. The maximum Gasteiger partial charge on any atom is 0.243 e. The summed E-state index contributed by atoms with van der Waals surface area (Å²) in [5.41, 5.74) is 2.36. The Morgan fingerprint density at radius 1 is 1.14 bits per heavy atom. The number of halogens is 1. The molecule has 0 aliphatic heterocycles. The molecule has 22 heavy (non-hydrogen) atoms. The van der Waals surface area contributed by atoms with Crippen molar-refractivity contribution in [1.82, 2.24) is 4.72 Å². The molecule has 1 N–H and O–H groups in total. The van der Waals surface area contributed by atoms with E-state index in [2.05, 4.69) is 4.72 Å². The quantitative estimate of drug-likeness (QED) is 0.889. The van der Waals surface area contributed by atoms with Crippen LogP contribution in [0.4, 0.5) is 4.39 Å². The molecule has 0 saturated heterocycles. The van der Waals surface area contributed by atoms with E-state index in [1.54, 1.807) is 14.0 Å². The zero-order valence-corrected chi connectivity index (χ0v) is 13.3. The van der Waals surface area contributed by atoms with Crippen LogP contribution in [0.3, 0.4) is 0 Å². The highest BCUT2D eigenvalue weighted by atomic mass is 32.2. The lowest BCUT2D eigenvalue weighted by atomic mass is 10.1. The van der Waals surface area contributed by atoms with Crippen molar-refractivity contribution in [2.45, 2.75) is 25.0 Å². The molecule has 0 aliphatic rings. The molecule has 4 nitrogen and oxygen atoms in total. The van der Waals surface area contributed by atoms with Gasteiger partial charge in [0.2, 0.25) is 10.0 Å². The molecule has 0 atom stereocenters. The van der Waals surface area contributed by atoms with Crippen LogP contribution >= 0.6 is 0 Å². The van der Waals surface area contributed by atoms with Crippen LogP contribution in [0.1, 0.15) is 16.7 Å². The topological polar surface area (TPSA) is 55.4 Å². The molecular weight excluding hydrogens is 305 g/mol. The Morgan fingerprint density at radius 2 is 1.82 bits per heavy atom. The van der Waals surface area contributed by atoms with Crippen molar-refractivity contribution in [3.05, 3.63) is 65.0 Å². The zero-order valence-electron chi connectivity index (χ0n) is 12.5. The van der Waals surface area contributed by atoms with Crippen molar-refractivity contribution in [3.63, 3.8) is 0 Å². The van der Waals surface area contributed by atoms with E-state index < -0.39 is 15.8 Å². The predicted molar refractivity (Wildman–Crippen MR) is 82.3 cm³/mol. The fraction of sp³-hybridized carbons (Fsp3) is 0.250. The van der Waals surface area contributed by atoms with Gasteiger partial charge in [0, 0.05) is 13.7 Å². The summed E-state index contributed by atoms with van der Waals surface area (Å²) in [4.78, 5) is -0.336. The molecule has 0 amide bonds. The van der Waals surface area contributed by atoms with Crippen LogP contribution in [0.5, 0.6) is 0 Å². The van der Waals surface area contributed by atoms with E-state index >= 15 is 0 Å². The number of hydrogen-bond acceptors (Lipinski definition) is 3. The Kier molecular flexibility index (Phi) is 5.28. The molecule has 0 spiro atoms. The molecule has 2 rings (SSSR count). The van der Waals surface area contributed by atoms with Gasteiger partial charge in [0.15, 0.2) is 0 Å². The number of methoxy groups -OCH3 is 1. The summed E-state index contributed by atoms with van der Waals surface area (Å²) in [6.07, 6.45) is 0. The van der Waals surface area contributed by atoms with Gasteiger partial charge in [-0.05, 0) is 35.7 Å². The summed E-state index contributed by atoms with van der Waals surface area (Å²) < 4.78 is 45.8. The van der Waals surface area contributed by atoms with Crippen LogP contribution < -0.4 is 4.72 Å². The van der Waals surface area contributed by atoms with Crippen molar-refractivity contribution >= 4 is 10.0 Å². The Bertz CT molecular complexity index is 760. The summed E-state index contributed by atoms with van der Waals surface area (Å²) >= 11 is 0. The number of hydrogen-bond donors (Lipinski definition) is 1. The van der Waals surface area contributed by atoms with Crippen molar-refractivity contribution < 1.29 is 17.5 Å². The third-order valence-corrected chi connectivity index (χ3v) is 4.66. The number of benzene rings is 2. The third kappa shape index (κ3) is 3.91. The predicted octanol–water partition coefficient (Wildman–Crippen LogP) is 2.76. The summed E-state index contributed by atoms with van der Waals surface area (Å²) in [5.74, 6) is -0.761. The van der Waals surface area contributed by atoms with Crippen LogP contribution in [0, 0.1) is 12.7 Å². The second-order valence-electron chi connectivity index (χ2n) is 4.96. The van der Waals surface area contributed by atoms with Crippen LogP contribution in [-0.4, -0.2) is 15.5 Å². The summed E-state index contributed by atoms with van der Waals surface area (Å²) in [6, 6.07) is 11.3. The first-order valence-corrected chi connectivity index (χ1v) is 8.24. The average molecular weight is 323 g/mol. The molecule has 0 radical (unpaired) electrons. The molecule has 0 aliphatic carbocycles. The second-order valence-corrected chi connectivity index (χ2v) is 6.70. The SMILES string of the molecule is COCc1ccccc1CNS(=O)(=O)c1cc(C)ccc1F. The van der Waals surface area contributed by atoms with Crippen molar-refractivity contribution in [3.8, 4) is 0 Å². The van der Waals surface area contributed by atoms with Gasteiger partial charge in [-0.25, -0.2) is 17.5 Å². The highest BCUT2D eigenvalue weighted by Gasteiger charge is 2.19. The van der Waals surface area contributed by atoms with E-state index in [0.29, 0.717) is 12.2 Å². The van der Waals surface area contributed by atoms with Crippen molar-refractivity contribution in [2.75, 3.05) is 7.11 Å². The van der Waals surface area contributed by atoms with Crippen LogP contribution in [-0.2, 0) is 27.9 Å². The number of rotatable bonds is 6. The Morgan fingerprint density at radius 3 is 2.50 bits per heavy atom. The lowest BCUT2D eigenvalue weighted by Crippen LogP contribution is -2.25. The van der Waals surface area contributed by atoms with E-state index in [4.69, 9.17) is 4.74 Å². The van der Waals surface area contributed by atoms with Gasteiger partial charge in [-0.2, -0.15) is 0 Å². The normalized spacial score (nSPS) is 11.6. The fourth-order valence-electron chi connectivity index (χ4n) is 2.09. The molecule has 2 aromatic rings. The van der Waals surface area contributed by atoms with Gasteiger partial charge >= 0.3 is 0 Å². The first kappa shape index (κ1) is 16.6. The van der Waals surface area contributed by atoms with Gasteiger partial charge in [-0.1, -0.05) is 30.3 Å². The van der Waals surface area contributed by atoms with Crippen molar-refractivity contribution in [1.29, 1.82) is 0 Å². The second kappa shape index (κ2) is 7.00. The summed E-state index contributed by atoms with van der Waals surface area (Å²) in [5, 5.41) is 0. The van der Waals surface area contributed by atoms with Crippen LogP contribution in [0.2, 0.25) is 0 Å². The lowest BCUT2D eigenvalue weighted by molar-refractivity contribution is 0.184. The third-order valence-electron chi connectivity index (χ3n) is 3.25. The first-order chi connectivity index (χ1) is 10.4. The number of nitrogens with one attached hydrogen (secondary N) is 1. The van der Waals surface area contributed by atoms with Gasteiger partial charge in [-0.3, -0.25) is 0 Å². The number of aryl methyl sites for hydroxylation is 1. The lowest BCUT2D eigenvalue weighted by Gasteiger charge is -2.11. The molecule has 0 fully saturated rings. The molecule has 0 saturated carbocycles. The Hall–Kier alpha value is -1.76. The van der Waals surface area contributed by atoms with Crippen LogP contribution in [0.15, 0.2) is 47.4 Å². The minimum Gasteiger partial charge on any atom is -0.380 e. The average Bonchev–Trinajstić information content (AvgIpc) is 2.49. The highest BCUT2D eigenvalue weighted by molar-refractivity contribution is 7.89. The largest absolute Gasteiger partial charge is 0.380 e. The van der Waals surface area contributed by atoms with Crippen LogP contribution in [0.25, 0.3) is 0 Å². The van der Waals surface area contributed by atoms with Gasteiger partial charge in [-0.15, -0.1) is 0 Å². The Labute approximate surface area is 130 Å². The summed E-state index contributed by atoms with van der Waals surface area (Å²) in [6.45, 7) is 2.18. The molecule has 2 aromatic carbocycles. The number of ether oxygens (including phenoxy) is 1. The van der Waals surface area contributed by atoms with Gasteiger partial charge < -0.3 is 4.74 Å². The molecule has 0 heterocycles. The first-order valence-electron chi connectivity index (χ1n) is 6.75. The van der Waals surface area contributed by atoms with E-state index in [0.717, 1.165) is 17.2 Å². The van der Waals surface area contributed by atoms with E-state index in [9.17, 15) is 12.8 Å².